The Morgan fingerprint density at radius 3 is 2.57 bits per heavy atom. The maximum Gasteiger partial charge on any atom is 0.344 e. The number of carboxylic acid groups (broad SMARTS) is 1. The molecule has 0 heterocycles. The molecule has 0 aliphatic carbocycles. The van der Waals surface area contributed by atoms with Crippen molar-refractivity contribution in [1.82, 2.24) is 0 Å². The highest BCUT2D eigenvalue weighted by Crippen LogP contribution is 2.16. The van der Waals surface area contributed by atoms with Crippen LogP contribution in [0.5, 0.6) is 5.75 Å². The number of aliphatic carboxylic acids is 1. The van der Waals surface area contributed by atoms with Crippen LogP contribution < -0.4 is 4.74 Å². The van der Waals surface area contributed by atoms with E-state index in [1.54, 1.807) is 0 Å². The van der Waals surface area contributed by atoms with Gasteiger partial charge in [0.1, 0.15) is 5.75 Å². The first-order valence-electron chi connectivity index (χ1n) is 3.85. The molecule has 14 heavy (non-hydrogen) atoms. The molecule has 0 saturated carbocycles. The lowest BCUT2D eigenvalue weighted by molar-refractivity contribution is -0.144. The summed E-state index contributed by atoms with van der Waals surface area (Å²) in [6.07, 6.45) is -1.10. The molecule has 1 aromatic carbocycles. The Labute approximate surface area is 78.9 Å². The van der Waals surface area contributed by atoms with Gasteiger partial charge in [-0.2, -0.15) is 0 Å². The molecule has 76 valence electrons. The minimum absolute atomic E-state index is 0.0150. The third-order valence-corrected chi connectivity index (χ3v) is 1.55. The number of rotatable bonds is 3. The third kappa shape index (κ3) is 2.42. The fraction of sp³-hybridized carbons (Fsp3) is 0.222. The third-order valence-electron chi connectivity index (χ3n) is 1.55. The predicted molar refractivity (Wildman–Crippen MR) is 44.1 cm³/mol. The molecule has 1 aromatic rings. The van der Waals surface area contributed by atoms with Gasteiger partial charge in [0.05, 0.1) is 0 Å². The molecule has 0 aliphatic heterocycles. The zero-order chi connectivity index (χ0) is 10.7. The SMILES string of the molecule is C[C@H](Oc1ccc(F)c(F)c1)C(=O)O. The van der Waals surface area contributed by atoms with E-state index in [4.69, 9.17) is 9.84 Å². The Kier molecular flexibility index (Phi) is 3.01. The van der Waals surface area contributed by atoms with Crippen molar-refractivity contribution < 1.29 is 23.4 Å². The fourth-order valence-corrected chi connectivity index (χ4v) is 0.805. The van der Waals surface area contributed by atoms with Gasteiger partial charge in [0.15, 0.2) is 17.7 Å². The van der Waals surface area contributed by atoms with Crippen LogP contribution in [0.4, 0.5) is 8.78 Å². The lowest BCUT2D eigenvalue weighted by Gasteiger charge is -2.09. The lowest BCUT2D eigenvalue weighted by Crippen LogP contribution is -2.22. The summed E-state index contributed by atoms with van der Waals surface area (Å²) in [5, 5.41) is 8.47. The van der Waals surface area contributed by atoms with E-state index in [1.807, 2.05) is 0 Å². The predicted octanol–water partition coefficient (Wildman–Crippen LogP) is 1.82. The van der Waals surface area contributed by atoms with Gasteiger partial charge in [0.2, 0.25) is 0 Å². The number of hydrogen-bond acceptors (Lipinski definition) is 2. The van der Waals surface area contributed by atoms with Crippen molar-refractivity contribution in [2.75, 3.05) is 0 Å². The first-order chi connectivity index (χ1) is 6.50. The lowest BCUT2D eigenvalue weighted by atomic mass is 10.3. The minimum Gasteiger partial charge on any atom is -0.479 e. The standard InChI is InChI=1S/C9H8F2O3/c1-5(9(12)13)14-6-2-3-7(10)8(11)4-6/h2-5H,1H3,(H,12,13)/t5-/m0/s1. The molecule has 1 atom stereocenters. The first-order valence-corrected chi connectivity index (χ1v) is 3.85. The average Bonchev–Trinajstić information content (AvgIpc) is 2.11. The number of hydrogen-bond donors (Lipinski definition) is 1. The van der Waals surface area contributed by atoms with Crippen LogP contribution in [0.1, 0.15) is 6.92 Å². The molecule has 1 rings (SSSR count). The van der Waals surface area contributed by atoms with Gasteiger partial charge in [-0.25, -0.2) is 13.6 Å². The molecule has 5 heteroatoms. The number of carbonyl (C=O) groups is 1. The number of halogens is 2. The van der Waals surface area contributed by atoms with E-state index in [2.05, 4.69) is 0 Å². The summed E-state index contributed by atoms with van der Waals surface area (Å²) in [6.45, 7) is 1.30. The van der Waals surface area contributed by atoms with Crippen LogP contribution in [0.2, 0.25) is 0 Å². The molecular weight excluding hydrogens is 194 g/mol. The normalized spacial score (nSPS) is 12.2. The zero-order valence-electron chi connectivity index (χ0n) is 7.33. The van der Waals surface area contributed by atoms with Crippen molar-refractivity contribution in [3.8, 4) is 5.75 Å². The number of benzene rings is 1. The average molecular weight is 202 g/mol. The maximum atomic E-state index is 12.6. The topological polar surface area (TPSA) is 46.5 Å². The molecule has 0 spiro atoms. The summed E-state index contributed by atoms with van der Waals surface area (Å²) in [5.41, 5.74) is 0. The van der Waals surface area contributed by atoms with Gasteiger partial charge in [-0.05, 0) is 19.1 Å². The highest BCUT2D eigenvalue weighted by molar-refractivity contribution is 5.72. The van der Waals surface area contributed by atoms with Gasteiger partial charge in [-0.3, -0.25) is 0 Å². The first kappa shape index (κ1) is 10.4. The molecule has 0 amide bonds. The van der Waals surface area contributed by atoms with Crippen molar-refractivity contribution in [3.63, 3.8) is 0 Å². The van der Waals surface area contributed by atoms with Gasteiger partial charge in [-0.15, -0.1) is 0 Å². The van der Waals surface area contributed by atoms with Gasteiger partial charge in [-0.1, -0.05) is 0 Å². The second kappa shape index (κ2) is 4.04. The van der Waals surface area contributed by atoms with E-state index in [0.717, 1.165) is 18.2 Å². The Morgan fingerprint density at radius 2 is 2.07 bits per heavy atom. The van der Waals surface area contributed by atoms with Crippen LogP contribution in [0, 0.1) is 11.6 Å². The van der Waals surface area contributed by atoms with Crippen LogP contribution in [-0.4, -0.2) is 17.2 Å². The quantitative estimate of drug-likeness (QED) is 0.813. The molecule has 0 aromatic heterocycles. The maximum absolute atomic E-state index is 12.6. The van der Waals surface area contributed by atoms with E-state index in [9.17, 15) is 13.6 Å². The largest absolute Gasteiger partial charge is 0.479 e. The highest BCUT2D eigenvalue weighted by atomic mass is 19.2. The van der Waals surface area contributed by atoms with Crippen LogP contribution in [-0.2, 0) is 4.79 Å². The summed E-state index contributed by atoms with van der Waals surface area (Å²) < 4.78 is 29.9. The molecular formula is C9H8F2O3. The van der Waals surface area contributed by atoms with Crippen LogP contribution in [0.3, 0.4) is 0 Å². The smallest absolute Gasteiger partial charge is 0.344 e. The Morgan fingerprint density at radius 1 is 1.43 bits per heavy atom. The molecule has 0 radical (unpaired) electrons. The van der Waals surface area contributed by atoms with Crippen molar-refractivity contribution in [3.05, 3.63) is 29.8 Å². The molecule has 1 N–H and O–H groups in total. The van der Waals surface area contributed by atoms with Crippen molar-refractivity contribution in [2.45, 2.75) is 13.0 Å². The minimum atomic E-state index is -1.17. The van der Waals surface area contributed by atoms with Gasteiger partial charge < -0.3 is 9.84 Å². The van der Waals surface area contributed by atoms with Crippen molar-refractivity contribution in [2.24, 2.45) is 0 Å². The fourth-order valence-electron chi connectivity index (χ4n) is 0.805. The van der Waals surface area contributed by atoms with E-state index in [0.29, 0.717) is 0 Å². The number of carboxylic acids is 1. The number of ether oxygens (including phenoxy) is 1. The summed E-state index contributed by atoms with van der Waals surface area (Å²) in [5.74, 6) is -3.26. The Balaban J connectivity index is 2.78. The van der Waals surface area contributed by atoms with E-state index >= 15 is 0 Å². The second-order valence-electron chi connectivity index (χ2n) is 2.67. The van der Waals surface area contributed by atoms with E-state index < -0.39 is 23.7 Å². The summed E-state index contributed by atoms with van der Waals surface area (Å²) >= 11 is 0. The Bertz CT molecular complexity index is 352. The molecule has 0 unspecified atom stereocenters. The van der Waals surface area contributed by atoms with Crippen molar-refractivity contribution in [1.29, 1.82) is 0 Å². The molecule has 0 fully saturated rings. The molecule has 3 nitrogen and oxygen atoms in total. The Hall–Kier alpha value is -1.65. The van der Waals surface area contributed by atoms with Crippen LogP contribution in [0.15, 0.2) is 18.2 Å². The molecule has 0 aliphatic rings. The molecule has 0 bridgehead atoms. The second-order valence-corrected chi connectivity index (χ2v) is 2.67. The van der Waals surface area contributed by atoms with E-state index in [-0.39, 0.29) is 5.75 Å². The van der Waals surface area contributed by atoms with Crippen LogP contribution in [0.25, 0.3) is 0 Å². The highest BCUT2D eigenvalue weighted by Gasteiger charge is 2.13. The van der Waals surface area contributed by atoms with Gasteiger partial charge in [0, 0.05) is 6.07 Å². The summed E-state index contributed by atoms with van der Waals surface area (Å²) in [4.78, 5) is 10.4. The zero-order valence-corrected chi connectivity index (χ0v) is 7.33. The van der Waals surface area contributed by atoms with Crippen LogP contribution >= 0.6 is 0 Å². The van der Waals surface area contributed by atoms with Gasteiger partial charge >= 0.3 is 5.97 Å². The monoisotopic (exact) mass is 202 g/mol. The molecule has 0 saturated heterocycles. The summed E-state index contributed by atoms with van der Waals surface area (Å²) in [6, 6.07) is 2.84. The summed E-state index contributed by atoms with van der Waals surface area (Å²) in [7, 11) is 0. The van der Waals surface area contributed by atoms with Crippen molar-refractivity contribution >= 4 is 5.97 Å². The van der Waals surface area contributed by atoms with Gasteiger partial charge in [0.25, 0.3) is 0 Å². The van der Waals surface area contributed by atoms with E-state index in [1.165, 1.54) is 6.92 Å².